The molecule has 0 bridgehead atoms. The Hall–Kier alpha value is -1.85. The van der Waals surface area contributed by atoms with Crippen LogP contribution in [0, 0.1) is 6.92 Å². The number of rotatable bonds is 5. The van der Waals surface area contributed by atoms with Gasteiger partial charge in [0.25, 0.3) is 0 Å². The number of aromatic nitrogens is 2. The summed E-state index contributed by atoms with van der Waals surface area (Å²) >= 11 is 7.49. The van der Waals surface area contributed by atoms with Crippen molar-refractivity contribution < 1.29 is 4.79 Å². The number of thiophene rings is 1. The normalized spacial score (nSPS) is 11.1. The Labute approximate surface area is 144 Å². The van der Waals surface area contributed by atoms with Crippen LogP contribution in [0.3, 0.4) is 0 Å². The van der Waals surface area contributed by atoms with Gasteiger partial charge in [0.15, 0.2) is 0 Å². The Balaban J connectivity index is 1.79. The first-order chi connectivity index (χ1) is 11.1. The number of likely N-dealkylation sites (N-methyl/N-ethyl adjacent to an activating group) is 1. The number of aryl methyl sites for hydroxylation is 1. The molecule has 2 heterocycles. The zero-order valence-corrected chi connectivity index (χ0v) is 14.7. The number of hydrogen-bond donors (Lipinski definition) is 0. The molecule has 23 heavy (non-hydrogen) atoms. The van der Waals surface area contributed by atoms with Crippen LogP contribution in [0.1, 0.15) is 17.6 Å². The van der Waals surface area contributed by atoms with Gasteiger partial charge in [-0.3, -0.25) is 4.79 Å². The molecule has 0 atom stereocenters. The summed E-state index contributed by atoms with van der Waals surface area (Å²) in [6, 6.07) is 11.7. The average Bonchev–Trinajstić information content (AvgIpc) is 3.08. The number of carbonyl (C=O) groups is 1. The lowest BCUT2D eigenvalue weighted by atomic mass is 10.3. The molecule has 2 aromatic heterocycles. The number of hydrogen-bond acceptors (Lipinski definition) is 3. The zero-order valence-electron chi connectivity index (χ0n) is 13.1. The molecule has 0 aliphatic rings. The van der Waals surface area contributed by atoms with E-state index in [1.807, 2.05) is 59.7 Å². The van der Waals surface area contributed by atoms with E-state index < -0.39 is 0 Å². The summed E-state index contributed by atoms with van der Waals surface area (Å²) in [6.45, 7) is 5.49. The van der Waals surface area contributed by atoms with Crippen LogP contribution < -0.4 is 0 Å². The van der Waals surface area contributed by atoms with Gasteiger partial charge in [-0.15, -0.1) is 11.3 Å². The quantitative estimate of drug-likeness (QED) is 0.696. The van der Waals surface area contributed by atoms with Gasteiger partial charge in [0.05, 0.1) is 21.9 Å². The summed E-state index contributed by atoms with van der Waals surface area (Å²) < 4.78 is 2.72. The zero-order chi connectivity index (χ0) is 16.4. The molecule has 120 valence electrons. The molecule has 0 saturated carbocycles. The largest absolute Gasteiger partial charge is 0.336 e. The summed E-state index contributed by atoms with van der Waals surface area (Å²) in [4.78, 5) is 20.2. The average molecular weight is 348 g/mol. The smallest absolute Gasteiger partial charge is 0.242 e. The molecule has 0 N–H and O–H groups in total. The van der Waals surface area contributed by atoms with Crippen molar-refractivity contribution in [2.45, 2.75) is 26.9 Å². The van der Waals surface area contributed by atoms with Gasteiger partial charge in [0.1, 0.15) is 12.4 Å². The van der Waals surface area contributed by atoms with Gasteiger partial charge in [-0.2, -0.15) is 0 Å². The standard InChI is InChI=1S/C17H18ClN3OS/c1-3-20(10-13-8-9-16(18)23-13)17(22)11-21-12(2)19-14-6-4-5-7-15(14)21/h4-9H,3,10-11H2,1-2H3. The predicted molar refractivity (Wildman–Crippen MR) is 94.9 cm³/mol. The van der Waals surface area contributed by atoms with Crippen LogP contribution in [0.5, 0.6) is 0 Å². The maximum absolute atomic E-state index is 12.7. The van der Waals surface area contributed by atoms with Crippen molar-refractivity contribution in [1.82, 2.24) is 14.5 Å². The van der Waals surface area contributed by atoms with Gasteiger partial charge < -0.3 is 9.47 Å². The Morgan fingerprint density at radius 1 is 1.30 bits per heavy atom. The van der Waals surface area contributed by atoms with E-state index in [1.165, 1.54) is 11.3 Å². The molecule has 0 saturated heterocycles. The third-order valence-corrected chi connectivity index (χ3v) is 5.06. The van der Waals surface area contributed by atoms with Gasteiger partial charge in [-0.1, -0.05) is 23.7 Å². The number of para-hydroxylation sites is 2. The number of amides is 1. The molecule has 0 aliphatic heterocycles. The Kier molecular flexibility index (Phi) is 4.68. The number of imidazole rings is 1. The first-order valence-electron chi connectivity index (χ1n) is 7.52. The van der Waals surface area contributed by atoms with E-state index in [-0.39, 0.29) is 5.91 Å². The molecule has 3 rings (SSSR count). The van der Waals surface area contributed by atoms with Crippen molar-refractivity contribution in [1.29, 1.82) is 0 Å². The van der Waals surface area contributed by atoms with Crippen molar-refractivity contribution in [3.63, 3.8) is 0 Å². The highest BCUT2D eigenvalue weighted by Gasteiger charge is 2.16. The summed E-state index contributed by atoms with van der Waals surface area (Å²) in [6.07, 6.45) is 0. The number of benzene rings is 1. The second-order valence-corrected chi connectivity index (χ2v) is 7.15. The van der Waals surface area contributed by atoms with Gasteiger partial charge in [0, 0.05) is 11.4 Å². The predicted octanol–water partition coefficient (Wildman–Crippen LogP) is 4.11. The van der Waals surface area contributed by atoms with E-state index in [9.17, 15) is 4.79 Å². The van der Waals surface area contributed by atoms with Crippen molar-refractivity contribution in [3.05, 3.63) is 51.4 Å². The maximum atomic E-state index is 12.7. The summed E-state index contributed by atoms with van der Waals surface area (Å²) in [5.41, 5.74) is 1.92. The Morgan fingerprint density at radius 2 is 2.09 bits per heavy atom. The van der Waals surface area contributed by atoms with Crippen LogP contribution in [-0.4, -0.2) is 26.9 Å². The maximum Gasteiger partial charge on any atom is 0.242 e. The van der Waals surface area contributed by atoms with E-state index in [4.69, 9.17) is 11.6 Å². The summed E-state index contributed by atoms with van der Waals surface area (Å²) in [5, 5.41) is 0. The topological polar surface area (TPSA) is 38.1 Å². The number of nitrogens with zero attached hydrogens (tertiary/aromatic N) is 3. The lowest BCUT2D eigenvalue weighted by Gasteiger charge is -2.21. The van der Waals surface area contributed by atoms with Crippen molar-refractivity contribution >= 4 is 39.9 Å². The molecular weight excluding hydrogens is 330 g/mol. The van der Waals surface area contributed by atoms with Gasteiger partial charge in [-0.25, -0.2) is 4.98 Å². The van der Waals surface area contributed by atoms with E-state index in [2.05, 4.69) is 4.98 Å². The van der Waals surface area contributed by atoms with Gasteiger partial charge in [-0.05, 0) is 38.1 Å². The first-order valence-corrected chi connectivity index (χ1v) is 8.71. The summed E-state index contributed by atoms with van der Waals surface area (Å²) in [7, 11) is 0. The van der Waals surface area contributed by atoms with Crippen molar-refractivity contribution in [2.24, 2.45) is 0 Å². The minimum atomic E-state index is 0.0864. The van der Waals surface area contributed by atoms with Crippen LogP contribution >= 0.6 is 22.9 Å². The lowest BCUT2D eigenvalue weighted by Crippen LogP contribution is -2.33. The number of carbonyl (C=O) groups excluding carboxylic acids is 1. The molecular formula is C17H18ClN3OS. The minimum Gasteiger partial charge on any atom is -0.336 e. The SMILES string of the molecule is CCN(Cc1ccc(Cl)s1)C(=O)Cn1c(C)nc2ccccc21. The fraction of sp³-hybridized carbons (Fsp3) is 0.294. The monoisotopic (exact) mass is 347 g/mol. The van der Waals surface area contributed by atoms with E-state index in [1.54, 1.807) is 0 Å². The highest BCUT2D eigenvalue weighted by atomic mass is 35.5. The van der Waals surface area contributed by atoms with Crippen molar-refractivity contribution in [2.75, 3.05) is 6.54 Å². The van der Waals surface area contributed by atoms with Gasteiger partial charge >= 0.3 is 0 Å². The number of halogens is 1. The molecule has 0 spiro atoms. The van der Waals surface area contributed by atoms with E-state index in [0.29, 0.717) is 19.6 Å². The molecule has 0 fully saturated rings. The first kappa shape index (κ1) is 16.0. The lowest BCUT2D eigenvalue weighted by molar-refractivity contribution is -0.132. The third-order valence-electron chi connectivity index (χ3n) is 3.85. The van der Waals surface area contributed by atoms with Crippen molar-refractivity contribution in [3.8, 4) is 0 Å². The highest BCUT2D eigenvalue weighted by molar-refractivity contribution is 7.16. The van der Waals surface area contributed by atoms with E-state index in [0.717, 1.165) is 26.1 Å². The van der Waals surface area contributed by atoms with Crippen LogP contribution in [0.15, 0.2) is 36.4 Å². The molecule has 6 heteroatoms. The highest BCUT2D eigenvalue weighted by Crippen LogP contribution is 2.23. The van der Waals surface area contributed by atoms with Gasteiger partial charge in [0.2, 0.25) is 5.91 Å². The Bertz CT molecular complexity index is 839. The fourth-order valence-electron chi connectivity index (χ4n) is 2.63. The molecule has 1 amide bonds. The molecule has 0 aliphatic carbocycles. The van der Waals surface area contributed by atoms with Crippen LogP contribution in [0.25, 0.3) is 11.0 Å². The third kappa shape index (κ3) is 3.41. The summed E-state index contributed by atoms with van der Waals surface area (Å²) in [5.74, 6) is 0.943. The second kappa shape index (κ2) is 6.72. The van der Waals surface area contributed by atoms with E-state index >= 15 is 0 Å². The molecule has 0 radical (unpaired) electrons. The van der Waals surface area contributed by atoms with Crippen LogP contribution in [0.4, 0.5) is 0 Å². The second-order valence-electron chi connectivity index (χ2n) is 5.35. The molecule has 3 aromatic rings. The minimum absolute atomic E-state index is 0.0864. The van der Waals surface area contributed by atoms with Crippen LogP contribution in [-0.2, 0) is 17.9 Å². The fourth-order valence-corrected chi connectivity index (χ4v) is 3.74. The molecule has 4 nitrogen and oxygen atoms in total. The number of fused-ring (bicyclic) bond motifs is 1. The Morgan fingerprint density at radius 3 is 2.78 bits per heavy atom. The van der Waals surface area contributed by atoms with Crippen LogP contribution in [0.2, 0.25) is 4.34 Å². The molecule has 1 aromatic carbocycles. The molecule has 0 unspecified atom stereocenters.